The molecular weight excluding hydrogens is 319 g/mol. The molecule has 0 saturated carbocycles. The highest BCUT2D eigenvalue weighted by Gasteiger charge is 2.07. The summed E-state index contributed by atoms with van der Waals surface area (Å²) in [5, 5.41) is 0. The average molecular weight is 337 g/mol. The molecule has 2 aromatic carbocycles. The van der Waals surface area contributed by atoms with Crippen molar-refractivity contribution in [1.29, 1.82) is 0 Å². The lowest BCUT2D eigenvalue weighted by Crippen LogP contribution is -2.18. The average Bonchev–Trinajstić information content (AvgIpc) is 2.43. The maximum Gasteiger partial charge on any atom is 0.127 e. The fraction of sp³-hybridized carbons (Fsp3) is 0.250. The number of hydrogen-bond acceptors (Lipinski definition) is 2. The molecule has 0 heterocycles. The maximum atomic E-state index is 13.7. The highest BCUT2D eigenvalue weighted by atomic mass is 79.9. The van der Waals surface area contributed by atoms with E-state index in [9.17, 15) is 4.39 Å². The van der Waals surface area contributed by atoms with E-state index in [1.54, 1.807) is 6.07 Å². The van der Waals surface area contributed by atoms with E-state index in [0.717, 1.165) is 16.6 Å². The highest BCUT2D eigenvalue weighted by Crippen LogP contribution is 2.17. The van der Waals surface area contributed by atoms with Gasteiger partial charge in [0, 0.05) is 29.7 Å². The summed E-state index contributed by atoms with van der Waals surface area (Å²) in [6, 6.07) is 13.2. The molecule has 0 unspecified atom stereocenters. The van der Waals surface area contributed by atoms with Crippen molar-refractivity contribution in [2.24, 2.45) is 5.73 Å². The van der Waals surface area contributed by atoms with Crippen molar-refractivity contribution in [2.45, 2.75) is 19.6 Å². The van der Waals surface area contributed by atoms with Gasteiger partial charge in [-0.15, -0.1) is 0 Å². The Hall–Kier alpha value is -1.23. The molecule has 0 fully saturated rings. The van der Waals surface area contributed by atoms with Crippen LogP contribution in [0, 0.1) is 5.82 Å². The van der Waals surface area contributed by atoms with Gasteiger partial charge in [-0.2, -0.15) is 0 Å². The second-order valence-electron chi connectivity index (χ2n) is 4.93. The van der Waals surface area contributed by atoms with Crippen LogP contribution in [-0.2, 0) is 19.6 Å². The van der Waals surface area contributed by atoms with Gasteiger partial charge in [0.15, 0.2) is 0 Å². The van der Waals surface area contributed by atoms with Crippen LogP contribution in [0.2, 0.25) is 0 Å². The van der Waals surface area contributed by atoms with Gasteiger partial charge < -0.3 is 5.73 Å². The summed E-state index contributed by atoms with van der Waals surface area (Å²) in [5.74, 6) is -0.168. The number of benzene rings is 2. The molecule has 0 atom stereocenters. The number of nitrogens with zero attached hydrogens (tertiary/aromatic N) is 1. The van der Waals surface area contributed by atoms with E-state index >= 15 is 0 Å². The van der Waals surface area contributed by atoms with E-state index < -0.39 is 0 Å². The molecule has 106 valence electrons. The molecule has 0 aromatic heterocycles. The van der Waals surface area contributed by atoms with Crippen molar-refractivity contribution >= 4 is 15.9 Å². The van der Waals surface area contributed by atoms with Crippen LogP contribution in [-0.4, -0.2) is 11.9 Å². The Balaban J connectivity index is 2.00. The zero-order valence-electron chi connectivity index (χ0n) is 11.4. The first-order valence-electron chi connectivity index (χ1n) is 6.49. The number of rotatable bonds is 5. The second-order valence-corrected chi connectivity index (χ2v) is 5.84. The molecular formula is C16H18BrFN2. The van der Waals surface area contributed by atoms with Gasteiger partial charge in [-0.25, -0.2) is 4.39 Å². The minimum Gasteiger partial charge on any atom is -0.326 e. The second kappa shape index (κ2) is 6.97. The van der Waals surface area contributed by atoms with Crippen molar-refractivity contribution in [3.05, 3.63) is 69.4 Å². The van der Waals surface area contributed by atoms with Crippen LogP contribution in [0.4, 0.5) is 4.39 Å². The number of nitrogens with two attached hydrogens (primary N) is 1. The first kappa shape index (κ1) is 15.2. The monoisotopic (exact) mass is 336 g/mol. The Morgan fingerprint density at radius 2 is 1.70 bits per heavy atom. The fourth-order valence-electron chi connectivity index (χ4n) is 2.10. The molecule has 0 amide bonds. The van der Waals surface area contributed by atoms with E-state index in [-0.39, 0.29) is 5.82 Å². The lowest BCUT2D eigenvalue weighted by atomic mass is 10.1. The molecule has 2 N–H and O–H groups in total. The molecule has 0 aliphatic heterocycles. The molecule has 2 aromatic rings. The summed E-state index contributed by atoms with van der Waals surface area (Å²) in [4.78, 5) is 2.09. The normalized spacial score (nSPS) is 11.1. The Bertz CT molecular complexity index is 569. The summed E-state index contributed by atoms with van der Waals surface area (Å²) in [5.41, 5.74) is 8.59. The van der Waals surface area contributed by atoms with E-state index in [1.165, 1.54) is 11.6 Å². The molecule has 0 bridgehead atoms. The highest BCUT2D eigenvalue weighted by molar-refractivity contribution is 9.10. The maximum absolute atomic E-state index is 13.7. The van der Waals surface area contributed by atoms with Crippen LogP contribution >= 0.6 is 15.9 Å². The van der Waals surface area contributed by atoms with Crippen LogP contribution in [0.15, 0.2) is 46.9 Å². The molecule has 4 heteroatoms. The van der Waals surface area contributed by atoms with Crippen molar-refractivity contribution in [2.75, 3.05) is 7.05 Å². The van der Waals surface area contributed by atoms with Crippen molar-refractivity contribution in [3.63, 3.8) is 0 Å². The lowest BCUT2D eigenvalue weighted by molar-refractivity contribution is 0.313. The van der Waals surface area contributed by atoms with E-state index in [4.69, 9.17) is 5.73 Å². The third-order valence-corrected chi connectivity index (χ3v) is 3.65. The molecule has 0 aliphatic rings. The minimum atomic E-state index is -0.168. The Kier molecular flexibility index (Phi) is 5.29. The summed E-state index contributed by atoms with van der Waals surface area (Å²) in [7, 11) is 1.98. The third-order valence-electron chi connectivity index (χ3n) is 3.16. The van der Waals surface area contributed by atoms with Crippen molar-refractivity contribution in [1.82, 2.24) is 4.90 Å². The predicted octanol–water partition coefficient (Wildman–Crippen LogP) is 3.68. The zero-order chi connectivity index (χ0) is 14.5. The van der Waals surface area contributed by atoms with Crippen molar-refractivity contribution in [3.8, 4) is 0 Å². The summed E-state index contributed by atoms with van der Waals surface area (Å²) < 4.78 is 14.6. The minimum absolute atomic E-state index is 0.168. The van der Waals surface area contributed by atoms with E-state index in [2.05, 4.69) is 33.0 Å². The van der Waals surface area contributed by atoms with Crippen LogP contribution in [0.5, 0.6) is 0 Å². The Morgan fingerprint density at radius 3 is 2.35 bits per heavy atom. The molecule has 2 nitrogen and oxygen atoms in total. The zero-order valence-corrected chi connectivity index (χ0v) is 13.0. The topological polar surface area (TPSA) is 29.3 Å². The van der Waals surface area contributed by atoms with E-state index in [0.29, 0.717) is 18.7 Å². The smallest absolute Gasteiger partial charge is 0.127 e. The number of halogens is 2. The molecule has 2 rings (SSSR count). The van der Waals surface area contributed by atoms with Crippen molar-refractivity contribution < 1.29 is 4.39 Å². The first-order chi connectivity index (χ1) is 9.58. The summed E-state index contributed by atoms with van der Waals surface area (Å²) >= 11 is 3.37. The lowest BCUT2D eigenvalue weighted by Gasteiger charge is -2.17. The Labute approximate surface area is 127 Å². The van der Waals surface area contributed by atoms with Gasteiger partial charge in [-0.05, 0) is 36.4 Å². The SMILES string of the molecule is CN(Cc1ccc(CN)cc1)Cc1cc(Br)ccc1F. The fourth-order valence-corrected chi connectivity index (χ4v) is 2.51. The summed E-state index contributed by atoms with van der Waals surface area (Å²) in [6.07, 6.45) is 0. The van der Waals surface area contributed by atoms with Gasteiger partial charge in [0.25, 0.3) is 0 Å². The van der Waals surface area contributed by atoms with E-state index in [1.807, 2.05) is 25.2 Å². The summed E-state index contributed by atoms with van der Waals surface area (Å²) in [6.45, 7) is 1.90. The predicted molar refractivity (Wildman–Crippen MR) is 83.6 cm³/mol. The standard InChI is InChI=1S/C16H18BrFN2/c1-20(10-13-4-2-12(9-19)3-5-13)11-14-8-15(17)6-7-16(14)18/h2-8H,9-11,19H2,1H3. The third kappa shape index (κ3) is 4.13. The van der Waals surface area contributed by atoms with Crippen LogP contribution in [0.1, 0.15) is 16.7 Å². The van der Waals surface area contributed by atoms with Gasteiger partial charge in [0.2, 0.25) is 0 Å². The van der Waals surface area contributed by atoms with Gasteiger partial charge >= 0.3 is 0 Å². The van der Waals surface area contributed by atoms with Gasteiger partial charge in [-0.1, -0.05) is 40.2 Å². The number of hydrogen-bond donors (Lipinski definition) is 1. The van der Waals surface area contributed by atoms with Crippen LogP contribution in [0.3, 0.4) is 0 Å². The molecule has 0 spiro atoms. The quantitative estimate of drug-likeness (QED) is 0.902. The van der Waals surface area contributed by atoms with Gasteiger partial charge in [0.05, 0.1) is 0 Å². The first-order valence-corrected chi connectivity index (χ1v) is 7.28. The van der Waals surface area contributed by atoms with Crippen LogP contribution < -0.4 is 5.73 Å². The Morgan fingerprint density at radius 1 is 1.05 bits per heavy atom. The van der Waals surface area contributed by atoms with Gasteiger partial charge in [0.1, 0.15) is 5.82 Å². The molecule has 0 saturated heterocycles. The van der Waals surface area contributed by atoms with Gasteiger partial charge in [-0.3, -0.25) is 4.90 Å². The van der Waals surface area contributed by atoms with Crippen LogP contribution in [0.25, 0.3) is 0 Å². The molecule has 0 aliphatic carbocycles. The largest absolute Gasteiger partial charge is 0.326 e. The molecule has 0 radical (unpaired) electrons. The molecule has 20 heavy (non-hydrogen) atoms.